The fourth-order valence-corrected chi connectivity index (χ4v) is 7.33. The summed E-state index contributed by atoms with van der Waals surface area (Å²) in [5, 5.41) is 25.2. The molecule has 286 valence electrons. The molecule has 6 N–H and O–H groups in total. The van der Waals surface area contributed by atoms with Gasteiger partial charge in [0.05, 0.1) is 0 Å². The number of thiophene rings is 1. The first-order valence-electron chi connectivity index (χ1n) is 17.9. The van der Waals surface area contributed by atoms with Crippen molar-refractivity contribution in [2.75, 3.05) is 12.4 Å². The van der Waals surface area contributed by atoms with Gasteiger partial charge in [0.2, 0.25) is 29.5 Å². The molecule has 5 amide bonds. The SMILES string of the molecule is Cc1ccc(CNC(=O)C(Cc2ccsc2)NC(=O)C(Cc2c[nH]c3ccccc23)NC(=O)[C@@H]2CCCCN2C(=O)C(CCC(=O)O)NC(=O)CCl)cc1. The predicted octanol–water partition coefficient (Wildman–Crippen LogP) is 3.58. The summed E-state index contributed by atoms with van der Waals surface area (Å²) < 4.78 is 0. The van der Waals surface area contributed by atoms with E-state index in [4.69, 9.17) is 11.6 Å². The van der Waals surface area contributed by atoms with E-state index < -0.39 is 59.6 Å². The molecule has 0 saturated carbocycles. The highest BCUT2D eigenvalue weighted by molar-refractivity contribution is 7.07. The van der Waals surface area contributed by atoms with Crippen molar-refractivity contribution in [2.24, 2.45) is 0 Å². The van der Waals surface area contributed by atoms with Crippen LogP contribution in [0.25, 0.3) is 10.9 Å². The molecule has 2 aromatic carbocycles. The Morgan fingerprint density at radius 1 is 0.907 bits per heavy atom. The maximum Gasteiger partial charge on any atom is 0.303 e. The Bertz CT molecular complexity index is 1930. The summed E-state index contributed by atoms with van der Waals surface area (Å²) in [5.41, 5.74) is 4.46. The summed E-state index contributed by atoms with van der Waals surface area (Å²) in [7, 11) is 0. The number of carbonyl (C=O) groups excluding carboxylic acids is 5. The number of hydrogen-bond acceptors (Lipinski definition) is 7. The second kappa shape index (κ2) is 19.2. The first-order valence-corrected chi connectivity index (χ1v) is 19.4. The predicted molar refractivity (Wildman–Crippen MR) is 206 cm³/mol. The molecule has 1 fully saturated rings. The van der Waals surface area contributed by atoms with Crippen LogP contribution < -0.4 is 21.3 Å². The van der Waals surface area contributed by atoms with Crippen molar-refractivity contribution in [3.63, 3.8) is 0 Å². The lowest BCUT2D eigenvalue weighted by Crippen LogP contribution is -2.61. The van der Waals surface area contributed by atoms with Crippen molar-refractivity contribution < 1.29 is 33.9 Å². The highest BCUT2D eigenvalue weighted by Gasteiger charge is 2.38. The smallest absolute Gasteiger partial charge is 0.303 e. The van der Waals surface area contributed by atoms with Crippen LogP contribution in [0.5, 0.6) is 0 Å². The third kappa shape index (κ3) is 10.9. The first-order chi connectivity index (χ1) is 26.0. The van der Waals surface area contributed by atoms with Gasteiger partial charge < -0.3 is 36.3 Å². The number of benzene rings is 2. The molecule has 13 nitrogen and oxygen atoms in total. The molecular weight excluding hydrogens is 732 g/mol. The van der Waals surface area contributed by atoms with Gasteiger partial charge in [0.1, 0.15) is 30.0 Å². The zero-order chi connectivity index (χ0) is 38.6. The molecule has 54 heavy (non-hydrogen) atoms. The lowest BCUT2D eigenvalue weighted by atomic mass is 9.97. The van der Waals surface area contributed by atoms with Crippen molar-refractivity contribution in [2.45, 2.75) is 82.6 Å². The van der Waals surface area contributed by atoms with E-state index in [0.717, 1.165) is 33.2 Å². The van der Waals surface area contributed by atoms with Crippen LogP contribution in [0.2, 0.25) is 0 Å². The number of aliphatic carboxylic acids is 1. The van der Waals surface area contributed by atoms with E-state index >= 15 is 0 Å². The van der Waals surface area contributed by atoms with E-state index in [9.17, 15) is 33.9 Å². The molecule has 15 heteroatoms. The number of amides is 5. The second-order valence-electron chi connectivity index (χ2n) is 13.5. The largest absolute Gasteiger partial charge is 0.481 e. The van der Waals surface area contributed by atoms with Gasteiger partial charge in [-0.25, -0.2) is 0 Å². The molecule has 0 aliphatic carbocycles. The fourth-order valence-electron chi connectivity index (χ4n) is 6.57. The minimum atomic E-state index is -1.21. The van der Waals surface area contributed by atoms with E-state index in [0.29, 0.717) is 12.8 Å². The number of carboxylic acid groups (broad SMARTS) is 1. The summed E-state index contributed by atoms with van der Waals surface area (Å²) in [6.07, 6.45) is 3.00. The molecule has 0 spiro atoms. The number of carbonyl (C=O) groups is 6. The Balaban J connectivity index is 1.39. The Morgan fingerprint density at radius 2 is 1.67 bits per heavy atom. The van der Waals surface area contributed by atoms with Crippen molar-refractivity contribution >= 4 is 69.3 Å². The summed E-state index contributed by atoms with van der Waals surface area (Å²) in [4.78, 5) is 84.0. The number of piperidine rings is 1. The van der Waals surface area contributed by atoms with E-state index in [1.807, 2.05) is 72.3 Å². The lowest BCUT2D eigenvalue weighted by molar-refractivity contribution is -0.146. The Kier molecular flexibility index (Phi) is 14.2. The number of likely N-dealkylation sites (tertiary alicyclic amines) is 1. The van der Waals surface area contributed by atoms with Gasteiger partial charge >= 0.3 is 5.97 Å². The number of carboxylic acids is 1. The second-order valence-corrected chi connectivity index (χ2v) is 14.5. The number of nitrogens with zero attached hydrogens (tertiary/aromatic N) is 1. The van der Waals surface area contributed by atoms with Gasteiger partial charge in [0.15, 0.2) is 0 Å². The molecule has 1 aliphatic rings. The van der Waals surface area contributed by atoms with Gasteiger partial charge in [-0.05, 0) is 72.2 Å². The van der Waals surface area contributed by atoms with Crippen LogP contribution in [0, 0.1) is 6.92 Å². The molecule has 4 aromatic rings. The van der Waals surface area contributed by atoms with Gasteiger partial charge in [-0.3, -0.25) is 28.8 Å². The molecule has 5 rings (SSSR count). The zero-order valence-corrected chi connectivity index (χ0v) is 31.5. The Morgan fingerprint density at radius 3 is 2.39 bits per heavy atom. The van der Waals surface area contributed by atoms with Crippen LogP contribution in [0.3, 0.4) is 0 Å². The monoisotopic (exact) mass is 776 g/mol. The molecule has 3 unspecified atom stereocenters. The van der Waals surface area contributed by atoms with Crippen molar-refractivity contribution in [1.29, 1.82) is 0 Å². The summed E-state index contributed by atoms with van der Waals surface area (Å²) in [5.74, 6) is -4.37. The van der Waals surface area contributed by atoms with E-state index in [1.54, 1.807) is 6.20 Å². The maximum absolute atomic E-state index is 14.3. The fraction of sp³-hybridized carbons (Fsp3) is 0.385. The van der Waals surface area contributed by atoms with Gasteiger partial charge in [-0.1, -0.05) is 48.0 Å². The average Bonchev–Trinajstić information content (AvgIpc) is 3.85. The lowest BCUT2D eigenvalue weighted by Gasteiger charge is -2.37. The highest BCUT2D eigenvalue weighted by Crippen LogP contribution is 2.22. The summed E-state index contributed by atoms with van der Waals surface area (Å²) >= 11 is 7.15. The number of H-pyrrole nitrogens is 1. The van der Waals surface area contributed by atoms with Crippen molar-refractivity contribution in [3.05, 3.63) is 93.8 Å². The highest BCUT2D eigenvalue weighted by atomic mass is 35.5. The Labute approximate surface area is 322 Å². The van der Waals surface area contributed by atoms with Crippen LogP contribution in [0.15, 0.2) is 71.6 Å². The zero-order valence-electron chi connectivity index (χ0n) is 29.9. The number of nitrogens with one attached hydrogen (secondary N) is 5. The summed E-state index contributed by atoms with van der Waals surface area (Å²) in [6, 6.07) is 12.9. The number of para-hydroxylation sites is 1. The summed E-state index contributed by atoms with van der Waals surface area (Å²) in [6.45, 7) is 2.43. The van der Waals surface area contributed by atoms with Gasteiger partial charge in [-0.2, -0.15) is 11.3 Å². The average molecular weight is 777 g/mol. The normalized spacial score (nSPS) is 15.8. The number of rotatable bonds is 17. The maximum atomic E-state index is 14.3. The van der Waals surface area contributed by atoms with Gasteiger partial charge in [-0.15, -0.1) is 11.6 Å². The number of alkyl halides is 1. The minimum absolute atomic E-state index is 0.0748. The van der Waals surface area contributed by atoms with Crippen molar-refractivity contribution in [1.82, 2.24) is 31.2 Å². The molecule has 2 aromatic heterocycles. The molecule has 1 aliphatic heterocycles. The molecule has 0 radical (unpaired) electrons. The van der Waals surface area contributed by atoms with Crippen LogP contribution in [-0.4, -0.2) is 87.1 Å². The van der Waals surface area contributed by atoms with Crippen LogP contribution >= 0.6 is 22.9 Å². The number of aromatic nitrogens is 1. The van der Waals surface area contributed by atoms with Crippen LogP contribution in [0.4, 0.5) is 0 Å². The quantitative estimate of drug-likeness (QED) is 0.0884. The van der Waals surface area contributed by atoms with Gasteiger partial charge in [0, 0.05) is 49.5 Å². The molecular formula is C39H45ClN6O7S. The number of aromatic amines is 1. The number of fused-ring (bicyclic) bond motifs is 1. The number of halogens is 1. The van der Waals surface area contributed by atoms with Crippen molar-refractivity contribution in [3.8, 4) is 0 Å². The topological polar surface area (TPSA) is 190 Å². The van der Waals surface area contributed by atoms with Crippen LogP contribution in [-0.2, 0) is 48.2 Å². The Hall–Kier alpha value is -5.21. The van der Waals surface area contributed by atoms with Gasteiger partial charge in [0.25, 0.3) is 0 Å². The first kappa shape index (κ1) is 40.0. The number of hydrogen-bond donors (Lipinski definition) is 6. The molecule has 1 saturated heterocycles. The van der Waals surface area contributed by atoms with E-state index in [1.165, 1.54) is 16.2 Å². The standard InChI is InChI=1S/C39H45ClN6O7S/c1-24-9-11-25(12-10-24)21-42-36(50)31(18-26-15-17-54-23-26)44-37(51)32(19-27-22-41-29-7-3-2-6-28(27)29)45-38(52)33-8-4-5-16-46(33)39(53)30(13-14-35(48)49)43-34(47)20-40/h2-3,6-7,9-12,15,17,22-23,30-33,41H,4-5,8,13-14,16,18-21H2,1H3,(H,42,50)(H,43,47)(H,44,51)(H,45,52)(H,48,49)/t30?,31?,32?,33-/m0/s1. The van der Waals surface area contributed by atoms with E-state index in [-0.39, 0.29) is 51.1 Å². The third-order valence-corrected chi connectivity index (χ3v) is 10.4. The minimum Gasteiger partial charge on any atom is -0.481 e. The molecule has 4 atom stereocenters. The van der Waals surface area contributed by atoms with E-state index in [2.05, 4.69) is 26.3 Å². The molecule has 0 bridgehead atoms. The van der Waals surface area contributed by atoms with Crippen LogP contribution in [0.1, 0.15) is 54.4 Å². The third-order valence-electron chi connectivity index (χ3n) is 9.46. The molecule has 3 heterocycles. The number of aryl methyl sites for hydroxylation is 1.